The van der Waals surface area contributed by atoms with Gasteiger partial charge in [-0.3, -0.25) is 4.79 Å². The van der Waals surface area contributed by atoms with Crippen LogP contribution in [0.2, 0.25) is 0 Å². The standard InChI is InChI=1S/C18H20N6O/c1-2-8-19-17(25)14-6-7-16(22-12-14)23-15-5-3-11-24(13-15)18-20-9-4-10-21-18/h1,4,6-7,9-10,12,15H,3,5,8,11,13H2,(H,19,25)(H,22,23)/t15-/m1/s1. The maximum absolute atomic E-state index is 11.8. The Labute approximate surface area is 146 Å². The monoisotopic (exact) mass is 336 g/mol. The van der Waals surface area contributed by atoms with Crippen molar-refractivity contribution < 1.29 is 4.79 Å². The molecule has 1 aliphatic heterocycles. The Kier molecular flexibility index (Phi) is 5.42. The second-order valence-electron chi connectivity index (χ2n) is 5.80. The zero-order valence-corrected chi connectivity index (χ0v) is 13.9. The van der Waals surface area contributed by atoms with Crippen LogP contribution in [0.1, 0.15) is 23.2 Å². The zero-order chi connectivity index (χ0) is 17.5. The van der Waals surface area contributed by atoms with Crippen LogP contribution >= 0.6 is 0 Å². The Balaban J connectivity index is 1.58. The maximum atomic E-state index is 11.8. The van der Waals surface area contributed by atoms with Crippen LogP contribution in [-0.4, -0.2) is 46.5 Å². The molecule has 7 heteroatoms. The third kappa shape index (κ3) is 4.44. The highest BCUT2D eigenvalue weighted by atomic mass is 16.1. The van der Waals surface area contributed by atoms with Crippen molar-refractivity contribution in [2.45, 2.75) is 18.9 Å². The van der Waals surface area contributed by atoms with E-state index < -0.39 is 0 Å². The molecule has 0 radical (unpaired) electrons. The van der Waals surface area contributed by atoms with Gasteiger partial charge in [0.1, 0.15) is 5.82 Å². The third-order valence-corrected chi connectivity index (χ3v) is 3.99. The number of carbonyl (C=O) groups is 1. The van der Waals surface area contributed by atoms with Crippen LogP contribution in [0.4, 0.5) is 11.8 Å². The molecule has 2 aromatic rings. The molecule has 1 saturated heterocycles. The first-order valence-corrected chi connectivity index (χ1v) is 8.22. The Bertz CT molecular complexity index is 740. The molecule has 1 aliphatic rings. The minimum absolute atomic E-state index is 0.207. The number of pyridine rings is 1. The molecular formula is C18H20N6O. The smallest absolute Gasteiger partial charge is 0.253 e. The first-order valence-electron chi connectivity index (χ1n) is 8.22. The largest absolute Gasteiger partial charge is 0.366 e. The van der Waals surface area contributed by atoms with Gasteiger partial charge in [-0.05, 0) is 31.0 Å². The van der Waals surface area contributed by atoms with Crippen LogP contribution in [0.5, 0.6) is 0 Å². The molecule has 1 atom stereocenters. The number of aromatic nitrogens is 3. The molecule has 1 amide bonds. The fraction of sp³-hybridized carbons (Fsp3) is 0.333. The topological polar surface area (TPSA) is 83.0 Å². The van der Waals surface area contributed by atoms with E-state index in [1.54, 1.807) is 24.7 Å². The lowest BCUT2D eigenvalue weighted by molar-refractivity contribution is 0.0958. The molecule has 128 valence electrons. The molecule has 0 aliphatic carbocycles. The quantitative estimate of drug-likeness (QED) is 0.801. The summed E-state index contributed by atoms with van der Waals surface area (Å²) in [7, 11) is 0. The summed E-state index contributed by atoms with van der Waals surface area (Å²) >= 11 is 0. The summed E-state index contributed by atoms with van der Waals surface area (Å²) in [4.78, 5) is 26.9. The highest BCUT2D eigenvalue weighted by Crippen LogP contribution is 2.18. The highest BCUT2D eigenvalue weighted by molar-refractivity contribution is 5.94. The maximum Gasteiger partial charge on any atom is 0.253 e. The number of nitrogens with zero attached hydrogens (tertiary/aromatic N) is 4. The predicted octanol–water partition coefficient (Wildman–Crippen LogP) is 1.32. The Hall–Kier alpha value is -3.14. The van der Waals surface area contributed by atoms with E-state index in [-0.39, 0.29) is 18.5 Å². The van der Waals surface area contributed by atoms with E-state index in [0.29, 0.717) is 5.56 Å². The Morgan fingerprint density at radius 3 is 2.88 bits per heavy atom. The average Bonchev–Trinajstić information content (AvgIpc) is 2.67. The molecule has 3 rings (SSSR count). The van der Waals surface area contributed by atoms with E-state index in [1.807, 2.05) is 12.1 Å². The number of anilines is 2. The van der Waals surface area contributed by atoms with Crippen molar-refractivity contribution in [3.05, 3.63) is 42.4 Å². The lowest BCUT2D eigenvalue weighted by atomic mass is 10.1. The molecular weight excluding hydrogens is 316 g/mol. The molecule has 1 fully saturated rings. The van der Waals surface area contributed by atoms with Crippen LogP contribution in [0.15, 0.2) is 36.8 Å². The Morgan fingerprint density at radius 1 is 1.32 bits per heavy atom. The second-order valence-corrected chi connectivity index (χ2v) is 5.80. The van der Waals surface area contributed by atoms with Crippen molar-refractivity contribution in [1.82, 2.24) is 20.3 Å². The van der Waals surface area contributed by atoms with Crippen molar-refractivity contribution in [2.24, 2.45) is 0 Å². The molecule has 3 heterocycles. The molecule has 0 saturated carbocycles. The number of piperidine rings is 1. The van der Waals surface area contributed by atoms with E-state index in [1.165, 1.54) is 0 Å². The van der Waals surface area contributed by atoms with Crippen LogP contribution < -0.4 is 15.5 Å². The fourth-order valence-corrected chi connectivity index (χ4v) is 2.79. The van der Waals surface area contributed by atoms with Crippen molar-refractivity contribution in [2.75, 3.05) is 29.9 Å². The highest BCUT2D eigenvalue weighted by Gasteiger charge is 2.21. The number of terminal acetylenes is 1. The van der Waals surface area contributed by atoms with Gasteiger partial charge in [0.15, 0.2) is 0 Å². The lowest BCUT2D eigenvalue weighted by Crippen LogP contribution is -2.43. The van der Waals surface area contributed by atoms with Crippen LogP contribution in [0.25, 0.3) is 0 Å². The van der Waals surface area contributed by atoms with Crippen molar-refractivity contribution in [1.29, 1.82) is 0 Å². The summed E-state index contributed by atoms with van der Waals surface area (Å²) in [6.45, 7) is 1.97. The van der Waals surface area contributed by atoms with Gasteiger partial charge in [0, 0.05) is 37.7 Å². The third-order valence-electron chi connectivity index (χ3n) is 3.99. The molecule has 2 aromatic heterocycles. The number of nitrogens with one attached hydrogen (secondary N) is 2. The van der Waals surface area contributed by atoms with E-state index in [2.05, 4.69) is 36.4 Å². The lowest BCUT2D eigenvalue weighted by Gasteiger charge is -2.33. The first-order chi connectivity index (χ1) is 12.3. The summed E-state index contributed by atoms with van der Waals surface area (Å²) in [5.41, 5.74) is 0.490. The fourth-order valence-electron chi connectivity index (χ4n) is 2.79. The summed E-state index contributed by atoms with van der Waals surface area (Å²) in [6, 6.07) is 5.62. The second kappa shape index (κ2) is 8.11. The number of carbonyl (C=O) groups excluding carboxylic acids is 1. The minimum Gasteiger partial charge on any atom is -0.366 e. The van der Waals surface area contributed by atoms with Gasteiger partial charge in [-0.1, -0.05) is 5.92 Å². The molecule has 0 spiro atoms. The van der Waals surface area contributed by atoms with E-state index >= 15 is 0 Å². The van der Waals surface area contributed by atoms with Crippen LogP contribution in [0, 0.1) is 12.3 Å². The molecule has 0 bridgehead atoms. The summed E-state index contributed by atoms with van der Waals surface area (Å²) in [6.07, 6.45) is 12.3. The molecule has 0 aromatic carbocycles. The van der Waals surface area contributed by atoms with Crippen molar-refractivity contribution in [3.63, 3.8) is 0 Å². The molecule has 0 unspecified atom stereocenters. The summed E-state index contributed by atoms with van der Waals surface area (Å²) < 4.78 is 0. The van der Waals surface area contributed by atoms with E-state index in [0.717, 1.165) is 37.7 Å². The van der Waals surface area contributed by atoms with Crippen molar-refractivity contribution >= 4 is 17.7 Å². The Morgan fingerprint density at radius 2 is 2.16 bits per heavy atom. The molecule has 25 heavy (non-hydrogen) atoms. The summed E-state index contributed by atoms with van der Waals surface area (Å²) in [5, 5.41) is 6.03. The minimum atomic E-state index is -0.220. The number of amides is 1. The molecule has 2 N–H and O–H groups in total. The van der Waals surface area contributed by atoms with Crippen LogP contribution in [-0.2, 0) is 0 Å². The number of hydrogen-bond donors (Lipinski definition) is 2. The van der Waals surface area contributed by atoms with Gasteiger partial charge in [0.2, 0.25) is 5.95 Å². The zero-order valence-electron chi connectivity index (χ0n) is 13.9. The van der Waals surface area contributed by atoms with Crippen LogP contribution in [0.3, 0.4) is 0 Å². The van der Waals surface area contributed by atoms with Crippen molar-refractivity contribution in [3.8, 4) is 12.3 Å². The van der Waals surface area contributed by atoms with E-state index in [4.69, 9.17) is 6.42 Å². The molecule has 7 nitrogen and oxygen atoms in total. The van der Waals surface area contributed by atoms with Gasteiger partial charge in [0.05, 0.1) is 12.1 Å². The van der Waals surface area contributed by atoms with Gasteiger partial charge in [-0.25, -0.2) is 15.0 Å². The SMILES string of the molecule is C#CCNC(=O)c1ccc(N[C@@H]2CCCN(c3ncccn3)C2)nc1. The van der Waals surface area contributed by atoms with E-state index in [9.17, 15) is 4.79 Å². The van der Waals surface area contributed by atoms with Gasteiger partial charge >= 0.3 is 0 Å². The van der Waals surface area contributed by atoms with Gasteiger partial charge < -0.3 is 15.5 Å². The van der Waals surface area contributed by atoms with Gasteiger partial charge in [0.25, 0.3) is 5.91 Å². The predicted molar refractivity (Wildman–Crippen MR) is 96.3 cm³/mol. The normalized spacial score (nSPS) is 16.8. The number of rotatable bonds is 5. The average molecular weight is 336 g/mol. The summed E-state index contributed by atoms with van der Waals surface area (Å²) in [5.74, 6) is 3.65. The van der Waals surface area contributed by atoms with Gasteiger partial charge in [-0.15, -0.1) is 6.42 Å². The number of hydrogen-bond acceptors (Lipinski definition) is 6. The first kappa shape index (κ1) is 16.7. The van der Waals surface area contributed by atoms with Gasteiger partial charge in [-0.2, -0.15) is 0 Å².